The third-order valence-electron chi connectivity index (χ3n) is 2.38. The van der Waals surface area contributed by atoms with Crippen molar-refractivity contribution in [1.29, 1.82) is 0 Å². The van der Waals surface area contributed by atoms with E-state index in [1.54, 1.807) is 11.0 Å². The van der Waals surface area contributed by atoms with E-state index in [0.717, 1.165) is 24.7 Å². The highest BCUT2D eigenvalue weighted by atomic mass is 15.3. The lowest BCUT2D eigenvalue weighted by molar-refractivity contribution is 0.574. The molecule has 1 N–H and O–H groups in total. The molecule has 6 heteroatoms. The molecule has 0 saturated carbocycles. The Morgan fingerprint density at radius 2 is 2.25 bits per heavy atom. The Kier molecular flexibility index (Phi) is 3.31. The van der Waals surface area contributed by atoms with Crippen LogP contribution in [0.2, 0.25) is 0 Å². The van der Waals surface area contributed by atoms with Crippen LogP contribution in [0.5, 0.6) is 0 Å². The van der Waals surface area contributed by atoms with E-state index in [-0.39, 0.29) is 0 Å². The molecule has 2 aromatic heterocycles. The Hall–Kier alpha value is -1.69. The highest BCUT2D eigenvalue weighted by Gasteiger charge is 1.98. The van der Waals surface area contributed by atoms with Gasteiger partial charge in [0.25, 0.3) is 0 Å². The first-order chi connectivity index (χ1) is 7.75. The fourth-order valence-corrected chi connectivity index (χ4v) is 1.50. The van der Waals surface area contributed by atoms with E-state index in [2.05, 4.69) is 25.0 Å². The monoisotopic (exact) mass is 220 g/mol. The van der Waals surface area contributed by atoms with E-state index in [1.807, 2.05) is 26.4 Å². The molecule has 0 fully saturated rings. The minimum absolute atomic E-state index is 0.703. The lowest BCUT2D eigenvalue weighted by atomic mass is 10.5. The molecular formula is C10H16N6. The summed E-state index contributed by atoms with van der Waals surface area (Å²) in [6.45, 7) is 4.50. The average Bonchev–Trinajstić information content (AvgIpc) is 2.83. The number of hydrogen-bond donors (Lipinski definition) is 1. The summed E-state index contributed by atoms with van der Waals surface area (Å²) in [6.07, 6.45) is 5.50. The predicted octanol–water partition coefficient (Wildman–Crippen LogP) is 0.110. The fourth-order valence-electron chi connectivity index (χ4n) is 1.50. The molecule has 0 aromatic carbocycles. The van der Waals surface area contributed by atoms with Crippen LogP contribution in [0, 0.1) is 6.92 Å². The van der Waals surface area contributed by atoms with E-state index in [9.17, 15) is 0 Å². The van der Waals surface area contributed by atoms with Crippen molar-refractivity contribution < 1.29 is 0 Å². The van der Waals surface area contributed by atoms with Gasteiger partial charge in [0, 0.05) is 32.5 Å². The van der Waals surface area contributed by atoms with Crippen LogP contribution >= 0.6 is 0 Å². The quantitative estimate of drug-likeness (QED) is 0.727. The first-order valence-electron chi connectivity index (χ1n) is 5.28. The summed E-state index contributed by atoms with van der Waals surface area (Å²) in [5, 5.41) is 7.48. The highest BCUT2D eigenvalue weighted by Crippen LogP contribution is 1.93. The van der Waals surface area contributed by atoms with Crippen molar-refractivity contribution in [1.82, 2.24) is 29.6 Å². The number of hydrogen-bond acceptors (Lipinski definition) is 4. The zero-order valence-corrected chi connectivity index (χ0v) is 9.59. The van der Waals surface area contributed by atoms with Crippen LogP contribution in [-0.4, -0.2) is 30.9 Å². The van der Waals surface area contributed by atoms with Crippen molar-refractivity contribution in [2.45, 2.75) is 20.0 Å². The van der Waals surface area contributed by atoms with Crippen LogP contribution in [0.15, 0.2) is 18.7 Å². The third-order valence-corrected chi connectivity index (χ3v) is 2.38. The maximum atomic E-state index is 4.19. The molecule has 16 heavy (non-hydrogen) atoms. The van der Waals surface area contributed by atoms with Crippen molar-refractivity contribution in [3.63, 3.8) is 0 Å². The zero-order valence-electron chi connectivity index (χ0n) is 9.59. The van der Waals surface area contributed by atoms with Gasteiger partial charge in [-0.05, 0) is 6.92 Å². The van der Waals surface area contributed by atoms with Gasteiger partial charge in [0.15, 0.2) is 5.82 Å². The molecule has 0 bridgehead atoms. The van der Waals surface area contributed by atoms with Gasteiger partial charge in [-0.25, -0.2) is 9.97 Å². The smallest absolute Gasteiger partial charge is 0.164 e. The van der Waals surface area contributed by atoms with Gasteiger partial charge in [0.2, 0.25) is 0 Å². The number of nitrogens with one attached hydrogen (secondary N) is 1. The Morgan fingerprint density at radius 1 is 1.38 bits per heavy atom. The Balaban J connectivity index is 1.71. The largest absolute Gasteiger partial charge is 0.334 e. The minimum atomic E-state index is 0.703. The fraction of sp³-hybridized carbons (Fsp3) is 0.500. The molecule has 86 valence electrons. The van der Waals surface area contributed by atoms with E-state index in [0.29, 0.717) is 6.54 Å². The van der Waals surface area contributed by atoms with Gasteiger partial charge in [-0.1, -0.05) is 0 Å². The number of aromatic nitrogens is 5. The first-order valence-corrected chi connectivity index (χ1v) is 5.28. The SMILES string of the molecule is Cc1nccn1CCNCc1ncn(C)n1. The summed E-state index contributed by atoms with van der Waals surface area (Å²) in [5.41, 5.74) is 0. The van der Waals surface area contributed by atoms with Gasteiger partial charge in [0.05, 0.1) is 6.54 Å². The molecular weight excluding hydrogens is 204 g/mol. The topological polar surface area (TPSA) is 60.6 Å². The molecule has 2 aromatic rings. The van der Waals surface area contributed by atoms with Gasteiger partial charge in [-0.15, -0.1) is 0 Å². The number of nitrogens with zero attached hydrogens (tertiary/aromatic N) is 5. The lowest BCUT2D eigenvalue weighted by Gasteiger charge is -2.05. The molecule has 0 saturated heterocycles. The van der Waals surface area contributed by atoms with E-state index in [4.69, 9.17) is 0 Å². The van der Waals surface area contributed by atoms with E-state index in [1.165, 1.54) is 0 Å². The molecule has 0 aliphatic rings. The van der Waals surface area contributed by atoms with Crippen LogP contribution in [-0.2, 0) is 20.1 Å². The number of rotatable bonds is 5. The molecule has 6 nitrogen and oxygen atoms in total. The minimum Gasteiger partial charge on any atom is -0.334 e. The van der Waals surface area contributed by atoms with Crippen LogP contribution < -0.4 is 5.32 Å². The highest BCUT2D eigenvalue weighted by molar-refractivity contribution is 4.88. The van der Waals surface area contributed by atoms with Crippen LogP contribution in [0.25, 0.3) is 0 Å². The molecule has 0 radical (unpaired) electrons. The van der Waals surface area contributed by atoms with Crippen molar-refractivity contribution >= 4 is 0 Å². The van der Waals surface area contributed by atoms with Gasteiger partial charge in [0.1, 0.15) is 12.2 Å². The summed E-state index contributed by atoms with van der Waals surface area (Å²) in [6, 6.07) is 0. The normalized spacial score (nSPS) is 10.9. The van der Waals surface area contributed by atoms with Crippen molar-refractivity contribution in [2.75, 3.05) is 6.54 Å². The summed E-state index contributed by atoms with van der Waals surface area (Å²) in [5.74, 6) is 1.86. The first kappa shape index (κ1) is 10.8. The van der Waals surface area contributed by atoms with Crippen molar-refractivity contribution in [2.24, 2.45) is 7.05 Å². The van der Waals surface area contributed by atoms with Crippen LogP contribution in [0.3, 0.4) is 0 Å². The second kappa shape index (κ2) is 4.89. The second-order valence-corrected chi connectivity index (χ2v) is 3.68. The molecule has 0 aliphatic heterocycles. The Bertz CT molecular complexity index is 444. The summed E-state index contributed by atoms with van der Waals surface area (Å²) in [4.78, 5) is 8.30. The molecule has 0 aliphatic carbocycles. The summed E-state index contributed by atoms with van der Waals surface area (Å²) in [7, 11) is 1.87. The number of imidazole rings is 1. The summed E-state index contributed by atoms with van der Waals surface area (Å²) < 4.78 is 3.82. The zero-order chi connectivity index (χ0) is 11.4. The maximum absolute atomic E-state index is 4.19. The van der Waals surface area contributed by atoms with E-state index < -0.39 is 0 Å². The second-order valence-electron chi connectivity index (χ2n) is 3.68. The molecule has 0 unspecified atom stereocenters. The van der Waals surface area contributed by atoms with E-state index >= 15 is 0 Å². The number of aryl methyl sites for hydroxylation is 2. The van der Waals surface area contributed by atoms with Gasteiger partial charge < -0.3 is 9.88 Å². The van der Waals surface area contributed by atoms with Crippen molar-refractivity contribution in [3.05, 3.63) is 30.4 Å². The van der Waals surface area contributed by atoms with Gasteiger partial charge in [-0.2, -0.15) is 5.10 Å². The van der Waals surface area contributed by atoms with Gasteiger partial charge >= 0.3 is 0 Å². The third kappa shape index (κ3) is 2.66. The predicted molar refractivity (Wildman–Crippen MR) is 59.7 cm³/mol. The van der Waals surface area contributed by atoms with Crippen LogP contribution in [0.4, 0.5) is 0 Å². The standard InChI is InChI=1S/C10H16N6/c1-9-12-4-6-16(9)5-3-11-7-10-13-8-15(2)14-10/h4,6,8,11H,3,5,7H2,1-2H3. The molecule has 0 spiro atoms. The van der Waals surface area contributed by atoms with Crippen LogP contribution in [0.1, 0.15) is 11.6 Å². The lowest BCUT2D eigenvalue weighted by Crippen LogP contribution is -2.20. The maximum Gasteiger partial charge on any atom is 0.164 e. The molecule has 2 heterocycles. The molecule has 0 atom stereocenters. The Morgan fingerprint density at radius 3 is 2.88 bits per heavy atom. The average molecular weight is 220 g/mol. The van der Waals surface area contributed by atoms with Gasteiger partial charge in [-0.3, -0.25) is 4.68 Å². The molecule has 0 amide bonds. The Labute approximate surface area is 94.3 Å². The van der Waals surface area contributed by atoms with Crippen molar-refractivity contribution in [3.8, 4) is 0 Å². The summed E-state index contributed by atoms with van der Waals surface area (Å²) >= 11 is 0. The molecule has 2 rings (SSSR count).